The minimum Gasteiger partial charge on any atom is -0.870 e. The molecular formula is C57H45Cl6LiN4O9. The van der Waals surface area contributed by atoms with Crippen molar-refractivity contribution >= 4 is 81.9 Å². The van der Waals surface area contributed by atoms with Crippen molar-refractivity contribution in [2.45, 2.75) is 94.2 Å². The average molecular weight is 1150 g/mol. The zero-order valence-corrected chi connectivity index (χ0v) is 45.9. The molecule has 4 fully saturated rings. The molecule has 0 spiro atoms. The standard InChI is InChI=1S/C28H23Cl3N2O2.C27H21Cl3N2O2.2CO2.Li.H2O/c1-15-9-17(13-32-12-15)20-11-21(20)19-8-7-18(10-25(19)31)34-14-22-27(33-35-28(22)16-5-6-16)26-23(29)3-2-4-24(26)30;28-22-4-1-5-23(29)25(22)26-21(27(34-32-26)15-6-7-15)14-33-17-8-9-18(24(30)11-17)20-12-19(20)16-3-2-10-31-13-16;2*2-1-3;;/h2-4,7-10,12-13,16,20-21H,5-6,11,14H2,1H3;1-5,8-11,13,15,19-20H,6-7,12,14H2;;;;1H2/q;;;;+1;/p-1. The molecule has 4 atom stereocenters. The van der Waals surface area contributed by atoms with Gasteiger partial charge in [0.1, 0.15) is 47.6 Å². The van der Waals surface area contributed by atoms with Crippen LogP contribution in [0, 0.1) is 6.92 Å². The Bertz CT molecular complexity index is 3360. The molecule has 4 aliphatic rings. The predicted molar refractivity (Wildman–Crippen MR) is 285 cm³/mol. The topological polar surface area (TPSA) is 195 Å². The number of pyridine rings is 2. The summed E-state index contributed by atoms with van der Waals surface area (Å²) in [6, 6.07) is 29.0. The molecule has 0 bridgehead atoms. The second-order valence-corrected chi connectivity index (χ2v) is 21.0. The minimum absolute atomic E-state index is 0. The molecule has 4 aromatic carbocycles. The van der Waals surface area contributed by atoms with Gasteiger partial charge in [-0.25, -0.2) is 0 Å². The van der Waals surface area contributed by atoms with Crippen LogP contribution in [0.15, 0.2) is 125 Å². The predicted octanol–water partition coefficient (Wildman–Crippen LogP) is 12.8. The van der Waals surface area contributed by atoms with Crippen LogP contribution in [0.25, 0.3) is 22.5 Å². The zero-order chi connectivity index (χ0) is 52.8. The molecule has 0 aliphatic heterocycles. The van der Waals surface area contributed by atoms with Gasteiger partial charge in [0.05, 0.1) is 31.2 Å². The van der Waals surface area contributed by atoms with Crippen LogP contribution in [0.1, 0.15) is 124 Å². The number of halogens is 6. The molecular weight excluding hydrogens is 1100 g/mol. The molecule has 0 amide bonds. The Balaban J connectivity index is 0.000000199. The summed E-state index contributed by atoms with van der Waals surface area (Å²) in [5, 5.41) is 12.2. The SMILES string of the molecule is Cc1cncc(C2CC2c2ccc(OCc3c(-c4c(Cl)cccc4Cl)noc3C3CC3)cc2Cl)c1.Clc1cc(OCc2c(-c3c(Cl)cccc3Cl)noc2C2CC2)ccc1C1CC1c1cccnc1.O=C=O.O=C=O.[Li+].[OH-]. The Hall–Kier alpha value is -5.74. The number of hydrogen-bond acceptors (Lipinski definition) is 13. The van der Waals surface area contributed by atoms with Crippen molar-refractivity contribution in [2.24, 2.45) is 0 Å². The maximum absolute atomic E-state index is 8.12. The molecule has 4 saturated carbocycles. The summed E-state index contributed by atoms with van der Waals surface area (Å²) in [5.41, 5.74) is 10.4. The molecule has 0 saturated heterocycles. The van der Waals surface area contributed by atoms with E-state index in [4.69, 9.17) is 107 Å². The molecule has 4 aliphatic carbocycles. The van der Waals surface area contributed by atoms with Crippen molar-refractivity contribution in [3.8, 4) is 34.0 Å². The Morgan fingerprint density at radius 3 is 1.35 bits per heavy atom. The molecule has 8 aromatic rings. The fraction of sp³-hybridized carbons (Fsp3) is 0.263. The second kappa shape index (κ2) is 26.7. The average Bonchev–Trinajstić information content (AvgIpc) is 4.20. The van der Waals surface area contributed by atoms with Crippen molar-refractivity contribution in [2.75, 3.05) is 0 Å². The molecule has 4 unspecified atom stereocenters. The van der Waals surface area contributed by atoms with Crippen LogP contribution in [0.3, 0.4) is 0 Å². The molecule has 4 aromatic heterocycles. The van der Waals surface area contributed by atoms with Gasteiger partial charge in [0.2, 0.25) is 0 Å². The number of nitrogens with zero attached hydrogens (tertiary/aromatic N) is 4. The number of aryl methyl sites for hydroxylation is 1. The van der Waals surface area contributed by atoms with Gasteiger partial charge >= 0.3 is 31.2 Å². The van der Waals surface area contributed by atoms with Gasteiger partial charge in [0.25, 0.3) is 0 Å². The van der Waals surface area contributed by atoms with Gasteiger partial charge in [-0.2, -0.15) is 19.2 Å². The molecule has 77 heavy (non-hydrogen) atoms. The van der Waals surface area contributed by atoms with Crippen molar-refractivity contribution < 1.29 is 62.0 Å². The van der Waals surface area contributed by atoms with Crippen LogP contribution < -0.4 is 28.3 Å². The van der Waals surface area contributed by atoms with E-state index in [9.17, 15) is 0 Å². The first-order chi connectivity index (χ1) is 36.4. The first kappa shape index (κ1) is 58.9. The molecule has 12 rings (SSSR count). The van der Waals surface area contributed by atoms with E-state index in [1.165, 1.54) is 16.7 Å². The normalized spacial score (nSPS) is 17.4. The van der Waals surface area contributed by atoms with Gasteiger partial charge in [0.15, 0.2) is 0 Å². The number of hydrogen-bond donors (Lipinski definition) is 0. The first-order valence-corrected chi connectivity index (χ1v) is 26.2. The van der Waals surface area contributed by atoms with Crippen molar-refractivity contribution in [1.29, 1.82) is 0 Å². The Morgan fingerprint density at radius 1 is 0.532 bits per heavy atom. The van der Waals surface area contributed by atoms with E-state index < -0.39 is 0 Å². The molecule has 0 radical (unpaired) electrons. The van der Waals surface area contributed by atoms with Gasteiger partial charge in [-0.3, -0.25) is 9.97 Å². The van der Waals surface area contributed by atoms with Crippen LogP contribution >= 0.6 is 69.6 Å². The maximum atomic E-state index is 8.12. The van der Waals surface area contributed by atoms with E-state index in [0.717, 1.165) is 82.3 Å². The summed E-state index contributed by atoms with van der Waals surface area (Å²) in [6.45, 7) is 2.66. The third-order valence-electron chi connectivity index (χ3n) is 13.5. The van der Waals surface area contributed by atoms with Crippen molar-refractivity contribution in [3.63, 3.8) is 0 Å². The number of ether oxygens (including phenoxy) is 2. The van der Waals surface area contributed by atoms with E-state index in [0.29, 0.717) is 103 Å². The summed E-state index contributed by atoms with van der Waals surface area (Å²) < 4.78 is 23.8. The molecule has 390 valence electrons. The Kier molecular flexibility index (Phi) is 20.5. The van der Waals surface area contributed by atoms with Crippen LogP contribution in [-0.2, 0) is 32.4 Å². The van der Waals surface area contributed by atoms with Crippen molar-refractivity contribution in [3.05, 3.63) is 196 Å². The maximum Gasteiger partial charge on any atom is 1.00 e. The van der Waals surface area contributed by atoms with E-state index in [1.54, 1.807) is 30.5 Å². The van der Waals surface area contributed by atoms with Gasteiger partial charge < -0.3 is 24.0 Å². The van der Waals surface area contributed by atoms with Gasteiger partial charge in [-0.05, 0) is 152 Å². The number of benzene rings is 4. The van der Waals surface area contributed by atoms with E-state index in [-0.39, 0.29) is 36.6 Å². The summed E-state index contributed by atoms with van der Waals surface area (Å²) in [4.78, 5) is 41.1. The number of carbonyl (C=O) groups excluding carboxylic acids is 4. The second-order valence-electron chi connectivity index (χ2n) is 18.6. The number of rotatable bonds is 14. The Labute approximate surface area is 485 Å². The largest absolute Gasteiger partial charge is 1.00 e. The minimum atomic E-state index is 0. The third-order valence-corrected chi connectivity index (χ3v) is 15.4. The summed E-state index contributed by atoms with van der Waals surface area (Å²) in [6.07, 6.45) is 14.6. The monoisotopic (exact) mass is 1150 g/mol. The summed E-state index contributed by atoms with van der Waals surface area (Å²) in [5.74, 6) is 5.60. The van der Waals surface area contributed by atoms with Crippen molar-refractivity contribution in [1.82, 2.24) is 20.3 Å². The smallest absolute Gasteiger partial charge is 0.870 e. The van der Waals surface area contributed by atoms with Crippen LogP contribution in [0.5, 0.6) is 11.5 Å². The van der Waals surface area contributed by atoms with Crippen LogP contribution in [-0.4, -0.2) is 38.1 Å². The van der Waals surface area contributed by atoms with Gasteiger partial charge in [-0.1, -0.05) is 116 Å². The number of aromatic nitrogens is 4. The molecule has 20 heteroatoms. The van der Waals surface area contributed by atoms with Gasteiger partial charge in [-0.15, -0.1) is 0 Å². The molecule has 4 heterocycles. The summed E-state index contributed by atoms with van der Waals surface area (Å²) in [7, 11) is 0. The van der Waals surface area contributed by atoms with Crippen LogP contribution in [0.2, 0.25) is 30.1 Å². The van der Waals surface area contributed by atoms with E-state index in [2.05, 4.69) is 51.5 Å². The van der Waals surface area contributed by atoms with E-state index >= 15 is 0 Å². The fourth-order valence-electron chi connectivity index (χ4n) is 9.39. The van der Waals surface area contributed by atoms with E-state index in [1.807, 2.05) is 61.1 Å². The van der Waals surface area contributed by atoms with Crippen LogP contribution in [0.4, 0.5) is 0 Å². The molecule has 13 nitrogen and oxygen atoms in total. The molecule has 1 N–H and O–H groups in total. The Morgan fingerprint density at radius 2 is 0.961 bits per heavy atom. The zero-order valence-electron chi connectivity index (χ0n) is 41.4. The fourth-order valence-corrected chi connectivity index (χ4v) is 11.2. The van der Waals surface area contributed by atoms with Gasteiger partial charge in [0, 0.05) is 57.8 Å². The quantitative estimate of drug-likeness (QED) is 0.0934. The first-order valence-electron chi connectivity index (χ1n) is 23.9. The third kappa shape index (κ3) is 14.1. The summed E-state index contributed by atoms with van der Waals surface area (Å²) >= 11 is 39.2.